The molecule has 0 radical (unpaired) electrons. The van der Waals surface area contributed by atoms with Crippen LogP contribution >= 0.6 is 0 Å². The first-order valence-electron chi connectivity index (χ1n) is 4.73. The standard InChI is InChI=1S/C9H11F3N2O2/c1-2-3-8(15)13-5-6-4-7(16-14-6)9(10,11)12/h4H,2-3,5H2,1H3,(H,13,15). The Kier molecular flexibility index (Phi) is 3.92. The van der Waals surface area contributed by atoms with Crippen molar-refractivity contribution in [1.82, 2.24) is 10.5 Å². The highest BCUT2D eigenvalue weighted by Crippen LogP contribution is 2.29. The van der Waals surface area contributed by atoms with E-state index in [1.54, 1.807) is 0 Å². The Labute approximate surface area is 89.8 Å². The van der Waals surface area contributed by atoms with Crippen LogP contribution in [0, 0.1) is 0 Å². The molecule has 90 valence electrons. The van der Waals surface area contributed by atoms with Gasteiger partial charge in [-0.1, -0.05) is 12.1 Å². The Balaban J connectivity index is 2.50. The van der Waals surface area contributed by atoms with Crippen LogP contribution in [0.2, 0.25) is 0 Å². The predicted octanol–water partition coefficient (Wildman–Crippen LogP) is 2.11. The van der Waals surface area contributed by atoms with Crippen LogP contribution in [-0.2, 0) is 17.5 Å². The van der Waals surface area contributed by atoms with E-state index in [1.807, 2.05) is 6.92 Å². The van der Waals surface area contributed by atoms with E-state index < -0.39 is 11.9 Å². The minimum atomic E-state index is -4.54. The number of nitrogens with zero attached hydrogens (tertiary/aromatic N) is 1. The zero-order valence-corrected chi connectivity index (χ0v) is 8.60. The molecule has 0 aliphatic heterocycles. The molecule has 0 unspecified atom stereocenters. The summed E-state index contributed by atoms with van der Waals surface area (Å²) in [5, 5.41) is 5.64. The van der Waals surface area contributed by atoms with Gasteiger partial charge in [0.25, 0.3) is 0 Å². The fraction of sp³-hybridized carbons (Fsp3) is 0.556. The van der Waals surface area contributed by atoms with Crippen molar-refractivity contribution < 1.29 is 22.5 Å². The molecule has 0 saturated carbocycles. The van der Waals surface area contributed by atoms with Gasteiger partial charge in [0.2, 0.25) is 11.7 Å². The van der Waals surface area contributed by atoms with Gasteiger partial charge in [-0.05, 0) is 6.42 Å². The number of hydrogen-bond donors (Lipinski definition) is 1. The molecule has 1 rings (SSSR count). The first-order chi connectivity index (χ1) is 7.43. The summed E-state index contributed by atoms with van der Waals surface area (Å²) in [5.41, 5.74) is 0.0526. The Morgan fingerprint density at radius 1 is 1.56 bits per heavy atom. The van der Waals surface area contributed by atoms with E-state index in [0.29, 0.717) is 12.8 Å². The quantitative estimate of drug-likeness (QED) is 0.871. The summed E-state index contributed by atoms with van der Waals surface area (Å²) < 4.78 is 40.4. The van der Waals surface area contributed by atoms with Crippen LogP contribution in [0.3, 0.4) is 0 Å². The van der Waals surface area contributed by atoms with Gasteiger partial charge in [-0.3, -0.25) is 4.79 Å². The highest BCUT2D eigenvalue weighted by Gasteiger charge is 2.35. The van der Waals surface area contributed by atoms with E-state index in [2.05, 4.69) is 15.0 Å². The number of rotatable bonds is 4. The van der Waals surface area contributed by atoms with Crippen molar-refractivity contribution in [3.05, 3.63) is 17.5 Å². The number of hydrogen-bond acceptors (Lipinski definition) is 3. The summed E-state index contributed by atoms with van der Waals surface area (Å²) in [5.74, 6) is -1.38. The number of carbonyl (C=O) groups excluding carboxylic acids is 1. The van der Waals surface area contributed by atoms with E-state index in [9.17, 15) is 18.0 Å². The molecule has 0 aliphatic rings. The summed E-state index contributed by atoms with van der Waals surface area (Å²) >= 11 is 0. The molecule has 0 atom stereocenters. The fourth-order valence-corrected chi connectivity index (χ4v) is 1.03. The number of amides is 1. The fourth-order valence-electron chi connectivity index (χ4n) is 1.03. The topological polar surface area (TPSA) is 55.1 Å². The molecular formula is C9H11F3N2O2. The molecule has 1 N–H and O–H groups in total. The molecule has 16 heavy (non-hydrogen) atoms. The molecule has 7 heteroatoms. The zero-order chi connectivity index (χ0) is 12.2. The van der Waals surface area contributed by atoms with Gasteiger partial charge in [0.05, 0.1) is 6.54 Å². The summed E-state index contributed by atoms with van der Waals surface area (Å²) in [6.07, 6.45) is -3.53. The molecular weight excluding hydrogens is 225 g/mol. The van der Waals surface area contributed by atoms with Gasteiger partial charge in [0.1, 0.15) is 5.69 Å². The lowest BCUT2D eigenvalue weighted by molar-refractivity contribution is -0.155. The Morgan fingerprint density at radius 2 is 2.25 bits per heavy atom. The first kappa shape index (κ1) is 12.5. The third kappa shape index (κ3) is 3.56. The molecule has 0 saturated heterocycles. The van der Waals surface area contributed by atoms with E-state index in [-0.39, 0.29) is 18.1 Å². The van der Waals surface area contributed by atoms with E-state index >= 15 is 0 Å². The number of carbonyl (C=O) groups is 1. The van der Waals surface area contributed by atoms with Crippen molar-refractivity contribution in [2.75, 3.05) is 0 Å². The molecule has 1 aromatic heterocycles. The van der Waals surface area contributed by atoms with Crippen molar-refractivity contribution in [1.29, 1.82) is 0 Å². The van der Waals surface area contributed by atoms with Gasteiger partial charge < -0.3 is 9.84 Å². The molecule has 1 aromatic rings. The van der Waals surface area contributed by atoms with Crippen LogP contribution in [0.4, 0.5) is 13.2 Å². The summed E-state index contributed by atoms with van der Waals surface area (Å²) in [7, 11) is 0. The lowest BCUT2D eigenvalue weighted by Crippen LogP contribution is -2.22. The van der Waals surface area contributed by atoms with Crippen LogP contribution in [0.5, 0.6) is 0 Å². The summed E-state index contributed by atoms with van der Waals surface area (Å²) in [6, 6.07) is 0.770. The van der Waals surface area contributed by atoms with Gasteiger partial charge in [0, 0.05) is 12.5 Å². The monoisotopic (exact) mass is 236 g/mol. The largest absolute Gasteiger partial charge is 0.452 e. The average Bonchev–Trinajstić information content (AvgIpc) is 2.63. The second-order valence-corrected chi connectivity index (χ2v) is 3.21. The number of alkyl halides is 3. The third-order valence-corrected chi connectivity index (χ3v) is 1.78. The molecule has 0 bridgehead atoms. The first-order valence-corrected chi connectivity index (χ1v) is 4.73. The van der Waals surface area contributed by atoms with Gasteiger partial charge in [-0.2, -0.15) is 13.2 Å². The Bertz CT molecular complexity index is 360. The van der Waals surface area contributed by atoms with E-state index in [0.717, 1.165) is 6.07 Å². The second kappa shape index (κ2) is 5.00. The minimum Gasteiger partial charge on any atom is -0.351 e. The highest BCUT2D eigenvalue weighted by atomic mass is 19.4. The number of nitrogens with one attached hydrogen (secondary N) is 1. The SMILES string of the molecule is CCCC(=O)NCc1cc(C(F)(F)F)on1. The van der Waals surface area contributed by atoms with Gasteiger partial charge in [-0.15, -0.1) is 0 Å². The van der Waals surface area contributed by atoms with Crippen molar-refractivity contribution in [3.63, 3.8) is 0 Å². The maximum atomic E-state index is 12.1. The molecule has 4 nitrogen and oxygen atoms in total. The predicted molar refractivity (Wildman–Crippen MR) is 48.3 cm³/mol. The number of halogens is 3. The van der Waals surface area contributed by atoms with E-state index in [4.69, 9.17) is 0 Å². The number of aromatic nitrogens is 1. The van der Waals surface area contributed by atoms with Crippen LogP contribution in [0.15, 0.2) is 10.6 Å². The smallest absolute Gasteiger partial charge is 0.351 e. The van der Waals surface area contributed by atoms with Crippen molar-refractivity contribution in [2.24, 2.45) is 0 Å². The maximum absolute atomic E-state index is 12.1. The molecule has 0 aliphatic carbocycles. The molecule has 0 fully saturated rings. The Hall–Kier alpha value is -1.53. The average molecular weight is 236 g/mol. The molecule has 0 aromatic carbocycles. The van der Waals surface area contributed by atoms with Gasteiger partial charge in [-0.25, -0.2) is 0 Å². The van der Waals surface area contributed by atoms with Crippen LogP contribution < -0.4 is 5.32 Å². The lowest BCUT2D eigenvalue weighted by Gasteiger charge is -2.00. The Morgan fingerprint density at radius 3 is 2.75 bits per heavy atom. The normalized spacial score (nSPS) is 11.5. The summed E-state index contributed by atoms with van der Waals surface area (Å²) in [6.45, 7) is 1.77. The lowest BCUT2D eigenvalue weighted by atomic mass is 10.3. The van der Waals surface area contributed by atoms with Crippen LogP contribution in [0.1, 0.15) is 31.2 Å². The van der Waals surface area contributed by atoms with Crippen molar-refractivity contribution in [3.8, 4) is 0 Å². The zero-order valence-electron chi connectivity index (χ0n) is 8.60. The molecule has 1 amide bonds. The molecule has 1 heterocycles. The highest BCUT2D eigenvalue weighted by molar-refractivity contribution is 5.75. The van der Waals surface area contributed by atoms with Crippen molar-refractivity contribution in [2.45, 2.75) is 32.5 Å². The third-order valence-electron chi connectivity index (χ3n) is 1.78. The van der Waals surface area contributed by atoms with Crippen LogP contribution in [-0.4, -0.2) is 11.1 Å². The van der Waals surface area contributed by atoms with Gasteiger partial charge in [0.15, 0.2) is 0 Å². The van der Waals surface area contributed by atoms with E-state index in [1.165, 1.54) is 0 Å². The minimum absolute atomic E-state index is 0.0526. The second-order valence-electron chi connectivity index (χ2n) is 3.21. The van der Waals surface area contributed by atoms with Crippen molar-refractivity contribution >= 4 is 5.91 Å². The molecule has 0 spiro atoms. The maximum Gasteiger partial charge on any atom is 0.452 e. The van der Waals surface area contributed by atoms with Crippen LogP contribution in [0.25, 0.3) is 0 Å². The summed E-state index contributed by atoms with van der Waals surface area (Å²) in [4.78, 5) is 11.0. The van der Waals surface area contributed by atoms with Gasteiger partial charge >= 0.3 is 6.18 Å².